The molecule has 1 saturated heterocycles. The van der Waals surface area contributed by atoms with Crippen molar-refractivity contribution in [3.63, 3.8) is 0 Å². The van der Waals surface area contributed by atoms with Crippen molar-refractivity contribution < 1.29 is 17.9 Å². The molecule has 0 spiro atoms. The fourth-order valence-electron chi connectivity index (χ4n) is 2.27. The molecule has 1 aromatic rings. The molecule has 7 heteroatoms. The van der Waals surface area contributed by atoms with E-state index in [9.17, 15) is 13.2 Å². The first-order chi connectivity index (χ1) is 9.97. The summed E-state index contributed by atoms with van der Waals surface area (Å²) in [5.74, 6) is -0.0284. The molecule has 2 rings (SSSR count). The molecule has 0 aliphatic carbocycles. The summed E-state index contributed by atoms with van der Waals surface area (Å²) >= 11 is 0. The molecule has 1 unspecified atom stereocenters. The minimum Gasteiger partial charge on any atom is -0.381 e. The van der Waals surface area contributed by atoms with E-state index >= 15 is 0 Å². The quantitative estimate of drug-likeness (QED) is 0.823. The molecular weight excluding hydrogens is 292 g/mol. The second-order valence-electron chi connectivity index (χ2n) is 5.14. The predicted molar refractivity (Wildman–Crippen MR) is 78.1 cm³/mol. The van der Waals surface area contributed by atoms with Gasteiger partial charge in [0.2, 0.25) is 15.9 Å². The number of carbonyl (C=O) groups excluding carboxylic acids is 1. The largest absolute Gasteiger partial charge is 0.381 e. The van der Waals surface area contributed by atoms with Crippen molar-refractivity contribution in [2.24, 2.45) is 11.1 Å². The summed E-state index contributed by atoms with van der Waals surface area (Å²) in [6, 6.07) is 6.36. The number of sulfonamides is 1. The van der Waals surface area contributed by atoms with E-state index < -0.39 is 10.0 Å². The SMILES string of the molecule is NS(=O)(=O)c1ccc(CCNC(=O)C2CCCOC2)cc1. The third-order valence-corrected chi connectivity index (χ3v) is 4.43. The van der Waals surface area contributed by atoms with Crippen LogP contribution in [0.5, 0.6) is 0 Å². The first-order valence-electron chi connectivity index (χ1n) is 6.94. The third-order valence-electron chi connectivity index (χ3n) is 3.50. The molecule has 116 valence electrons. The minimum absolute atomic E-state index is 0.0239. The average Bonchev–Trinajstić information content (AvgIpc) is 2.47. The van der Waals surface area contributed by atoms with Crippen molar-refractivity contribution in [3.05, 3.63) is 29.8 Å². The van der Waals surface area contributed by atoms with Gasteiger partial charge in [-0.25, -0.2) is 13.6 Å². The van der Waals surface area contributed by atoms with Crippen LogP contribution in [0.4, 0.5) is 0 Å². The summed E-state index contributed by atoms with van der Waals surface area (Å²) in [6.45, 7) is 1.75. The maximum absolute atomic E-state index is 11.9. The lowest BCUT2D eigenvalue weighted by Gasteiger charge is -2.21. The summed E-state index contributed by atoms with van der Waals surface area (Å²) in [4.78, 5) is 12.0. The molecule has 0 bridgehead atoms. The van der Waals surface area contributed by atoms with Crippen LogP contribution in [0.15, 0.2) is 29.2 Å². The van der Waals surface area contributed by atoms with Crippen LogP contribution in [-0.4, -0.2) is 34.1 Å². The lowest BCUT2D eigenvalue weighted by Crippen LogP contribution is -2.36. The normalized spacial score (nSPS) is 19.2. The average molecular weight is 312 g/mol. The Balaban J connectivity index is 1.79. The number of ether oxygens (including phenoxy) is 1. The van der Waals surface area contributed by atoms with Crippen LogP contribution in [0, 0.1) is 5.92 Å². The molecule has 1 atom stereocenters. The van der Waals surface area contributed by atoms with Crippen LogP contribution in [0.3, 0.4) is 0 Å². The van der Waals surface area contributed by atoms with Crippen LogP contribution in [0.1, 0.15) is 18.4 Å². The molecule has 1 aliphatic heterocycles. The molecule has 21 heavy (non-hydrogen) atoms. The monoisotopic (exact) mass is 312 g/mol. The van der Waals surface area contributed by atoms with Gasteiger partial charge in [-0.05, 0) is 37.0 Å². The molecule has 3 N–H and O–H groups in total. The number of carbonyl (C=O) groups is 1. The van der Waals surface area contributed by atoms with E-state index in [1.165, 1.54) is 12.1 Å². The lowest BCUT2D eigenvalue weighted by atomic mass is 10.0. The Morgan fingerprint density at radius 1 is 1.33 bits per heavy atom. The number of amides is 1. The number of hydrogen-bond acceptors (Lipinski definition) is 4. The highest BCUT2D eigenvalue weighted by atomic mass is 32.2. The zero-order chi connectivity index (χ0) is 15.3. The summed E-state index contributed by atoms with van der Waals surface area (Å²) in [7, 11) is -3.65. The van der Waals surface area contributed by atoms with Crippen LogP contribution in [0.25, 0.3) is 0 Å². The summed E-state index contributed by atoms with van der Waals surface area (Å²) < 4.78 is 27.5. The maximum Gasteiger partial charge on any atom is 0.238 e. The van der Waals surface area contributed by atoms with Crippen molar-refractivity contribution in [1.29, 1.82) is 0 Å². The van der Waals surface area contributed by atoms with E-state index in [2.05, 4.69) is 5.32 Å². The highest BCUT2D eigenvalue weighted by Crippen LogP contribution is 2.13. The first-order valence-corrected chi connectivity index (χ1v) is 8.48. The maximum atomic E-state index is 11.9. The van der Waals surface area contributed by atoms with Gasteiger partial charge < -0.3 is 10.1 Å². The molecule has 1 amide bonds. The van der Waals surface area contributed by atoms with Crippen molar-refractivity contribution in [1.82, 2.24) is 5.32 Å². The highest BCUT2D eigenvalue weighted by Gasteiger charge is 2.21. The standard InChI is InChI=1S/C14H20N2O4S/c15-21(18,19)13-5-3-11(4-6-13)7-8-16-14(17)12-2-1-9-20-10-12/h3-6,12H,1-2,7-10H2,(H,16,17)(H2,15,18,19). The molecule has 1 heterocycles. The Hall–Kier alpha value is -1.44. The minimum atomic E-state index is -3.65. The molecule has 1 aromatic carbocycles. The van der Waals surface area contributed by atoms with Crippen LogP contribution in [-0.2, 0) is 26.0 Å². The van der Waals surface area contributed by atoms with E-state index in [0.29, 0.717) is 19.6 Å². The van der Waals surface area contributed by atoms with Gasteiger partial charge in [-0.1, -0.05) is 12.1 Å². The Morgan fingerprint density at radius 2 is 2.05 bits per heavy atom. The summed E-state index contributed by atoms with van der Waals surface area (Å²) in [5.41, 5.74) is 0.947. The smallest absolute Gasteiger partial charge is 0.238 e. The van der Waals surface area contributed by atoms with E-state index in [-0.39, 0.29) is 16.7 Å². The summed E-state index contributed by atoms with van der Waals surface area (Å²) in [5, 5.41) is 7.92. The number of hydrogen-bond donors (Lipinski definition) is 2. The molecule has 0 aromatic heterocycles. The number of benzene rings is 1. The molecule has 0 saturated carbocycles. The highest BCUT2D eigenvalue weighted by molar-refractivity contribution is 7.89. The zero-order valence-electron chi connectivity index (χ0n) is 11.7. The van der Waals surface area contributed by atoms with E-state index in [1.807, 2.05) is 0 Å². The van der Waals surface area contributed by atoms with Gasteiger partial charge in [-0.3, -0.25) is 4.79 Å². The van der Waals surface area contributed by atoms with Gasteiger partial charge in [0.25, 0.3) is 0 Å². The molecule has 6 nitrogen and oxygen atoms in total. The van der Waals surface area contributed by atoms with Crippen LogP contribution >= 0.6 is 0 Å². The zero-order valence-corrected chi connectivity index (χ0v) is 12.6. The molecule has 1 fully saturated rings. The number of nitrogens with one attached hydrogen (secondary N) is 1. The van der Waals surface area contributed by atoms with Gasteiger partial charge >= 0.3 is 0 Å². The van der Waals surface area contributed by atoms with Gasteiger partial charge in [0.1, 0.15) is 0 Å². The molecular formula is C14H20N2O4S. The van der Waals surface area contributed by atoms with Crippen LogP contribution in [0.2, 0.25) is 0 Å². The van der Waals surface area contributed by atoms with Crippen molar-refractivity contribution in [2.75, 3.05) is 19.8 Å². The van der Waals surface area contributed by atoms with Gasteiger partial charge in [0, 0.05) is 13.2 Å². The second-order valence-corrected chi connectivity index (χ2v) is 6.71. The van der Waals surface area contributed by atoms with Crippen molar-refractivity contribution in [3.8, 4) is 0 Å². The van der Waals surface area contributed by atoms with E-state index in [1.54, 1.807) is 12.1 Å². The molecule has 0 radical (unpaired) electrons. The fraction of sp³-hybridized carbons (Fsp3) is 0.500. The second kappa shape index (κ2) is 7.02. The number of rotatable bonds is 5. The van der Waals surface area contributed by atoms with E-state index in [0.717, 1.165) is 25.0 Å². The first kappa shape index (κ1) is 15.9. The number of nitrogens with two attached hydrogens (primary N) is 1. The Kier molecular flexibility index (Phi) is 5.33. The molecule has 1 aliphatic rings. The van der Waals surface area contributed by atoms with Gasteiger partial charge in [-0.15, -0.1) is 0 Å². The fourth-order valence-corrected chi connectivity index (χ4v) is 2.78. The van der Waals surface area contributed by atoms with Gasteiger partial charge in [-0.2, -0.15) is 0 Å². The topological polar surface area (TPSA) is 98.5 Å². The van der Waals surface area contributed by atoms with Crippen LogP contribution < -0.4 is 10.5 Å². The van der Waals surface area contributed by atoms with Gasteiger partial charge in [0.15, 0.2) is 0 Å². The van der Waals surface area contributed by atoms with Gasteiger partial charge in [0.05, 0.1) is 17.4 Å². The Labute approximate surface area is 124 Å². The van der Waals surface area contributed by atoms with Crippen molar-refractivity contribution >= 4 is 15.9 Å². The lowest BCUT2D eigenvalue weighted by molar-refractivity contribution is -0.128. The third kappa shape index (κ3) is 4.80. The Morgan fingerprint density at radius 3 is 2.62 bits per heavy atom. The number of primary sulfonamides is 1. The summed E-state index contributed by atoms with van der Waals surface area (Å²) in [6.07, 6.45) is 2.44. The Bertz CT molecular complexity index is 577. The predicted octanol–water partition coefficient (Wildman–Crippen LogP) is 0.419. The van der Waals surface area contributed by atoms with E-state index in [4.69, 9.17) is 9.88 Å². The van der Waals surface area contributed by atoms with Crippen molar-refractivity contribution in [2.45, 2.75) is 24.2 Å².